The number of ether oxygens (including phenoxy) is 1. The number of carbonyl (C=O) groups is 2. The number of urea groups is 1. The van der Waals surface area contributed by atoms with E-state index in [1.165, 1.54) is 0 Å². The van der Waals surface area contributed by atoms with Crippen LogP contribution in [0.4, 0.5) is 4.79 Å². The Morgan fingerprint density at radius 3 is 2.56 bits per heavy atom. The van der Waals surface area contributed by atoms with E-state index in [0.29, 0.717) is 29.0 Å². The summed E-state index contributed by atoms with van der Waals surface area (Å²) < 4.78 is 5.28. The van der Waals surface area contributed by atoms with Crippen LogP contribution in [0.3, 0.4) is 0 Å². The smallest absolute Gasteiger partial charge is 0.319 e. The van der Waals surface area contributed by atoms with E-state index in [4.69, 9.17) is 4.74 Å². The first-order chi connectivity index (χ1) is 12.1. The minimum absolute atomic E-state index is 0.0993. The second-order valence-corrected chi connectivity index (χ2v) is 5.75. The van der Waals surface area contributed by atoms with Gasteiger partial charge in [-0.1, -0.05) is 49.4 Å². The summed E-state index contributed by atoms with van der Waals surface area (Å²) in [5.41, 5.74) is 2.60. The molecule has 0 fully saturated rings. The molecule has 25 heavy (non-hydrogen) atoms. The van der Waals surface area contributed by atoms with Crippen molar-refractivity contribution < 1.29 is 14.3 Å². The number of methoxy groups -OCH3 is 1. The lowest BCUT2D eigenvalue weighted by atomic mass is 9.88. The third-order valence-electron chi connectivity index (χ3n) is 4.21. The minimum atomic E-state index is -0.522. The fourth-order valence-corrected chi connectivity index (χ4v) is 2.98. The number of hydrogen-bond acceptors (Lipinski definition) is 3. The van der Waals surface area contributed by atoms with Gasteiger partial charge < -0.3 is 15.4 Å². The van der Waals surface area contributed by atoms with E-state index >= 15 is 0 Å². The molecule has 1 unspecified atom stereocenters. The normalized spacial score (nSPS) is 16.9. The number of carbonyl (C=O) groups excluding carboxylic acids is 2. The molecular formula is C20H20N2O3. The van der Waals surface area contributed by atoms with Crippen molar-refractivity contribution in [1.82, 2.24) is 10.6 Å². The first-order valence-corrected chi connectivity index (χ1v) is 8.18. The van der Waals surface area contributed by atoms with Gasteiger partial charge in [0.05, 0.1) is 13.2 Å². The number of ketones is 1. The van der Waals surface area contributed by atoms with Crippen molar-refractivity contribution in [3.8, 4) is 5.75 Å². The van der Waals surface area contributed by atoms with Gasteiger partial charge >= 0.3 is 6.03 Å². The van der Waals surface area contributed by atoms with Gasteiger partial charge in [0.25, 0.3) is 0 Å². The van der Waals surface area contributed by atoms with Gasteiger partial charge in [0, 0.05) is 16.8 Å². The Bertz CT molecular complexity index is 828. The first kappa shape index (κ1) is 16.8. The molecule has 0 saturated carbocycles. The Balaban J connectivity index is 2.10. The molecule has 2 aromatic rings. The van der Waals surface area contributed by atoms with Crippen LogP contribution in [0.15, 0.2) is 65.9 Å². The van der Waals surface area contributed by atoms with E-state index in [0.717, 1.165) is 5.56 Å². The molecule has 2 N–H and O–H groups in total. The summed E-state index contributed by atoms with van der Waals surface area (Å²) in [6.07, 6.45) is 0.557. The zero-order valence-electron chi connectivity index (χ0n) is 14.2. The lowest BCUT2D eigenvalue weighted by Crippen LogP contribution is -2.45. The lowest BCUT2D eigenvalue weighted by Gasteiger charge is -2.29. The van der Waals surface area contributed by atoms with Gasteiger partial charge in [-0.2, -0.15) is 0 Å². The quantitative estimate of drug-likeness (QED) is 0.820. The van der Waals surface area contributed by atoms with Crippen molar-refractivity contribution in [3.05, 3.63) is 77.0 Å². The number of amides is 2. The summed E-state index contributed by atoms with van der Waals surface area (Å²) in [5, 5.41) is 5.64. The molecule has 5 nitrogen and oxygen atoms in total. The summed E-state index contributed by atoms with van der Waals surface area (Å²) in [6.45, 7) is 1.92. The van der Waals surface area contributed by atoms with Crippen LogP contribution in [0.5, 0.6) is 5.75 Å². The molecule has 0 radical (unpaired) electrons. The maximum absolute atomic E-state index is 13.1. The van der Waals surface area contributed by atoms with E-state index in [2.05, 4.69) is 10.6 Å². The van der Waals surface area contributed by atoms with Crippen molar-refractivity contribution in [2.45, 2.75) is 19.4 Å². The van der Waals surface area contributed by atoms with Crippen LogP contribution in [0.2, 0.25) is 0 Å². The topological polar surface area (TPSA) is 67.4 Å². The zero-order chi connectivity index (χ0) is 17.8. The van der Waals surface area contributed by atoms with Crippen LogP contribution < -0.4 is 15.4 Å². The third-order valence-corrected chi connectivity index (χ3v) is 4.21. The van der Waals surface area contributed by atoms with Gasteiger partial charge in [0.15, 0.2) is 5.78 Å². The monoisotopic (exact) mass is 336 g/mol. The lowest BCUT2D eigenvalue weighted by molar-refractivity contribution is 0.102. The molecule has 5 heteroatoms. The van der Waals surface area contributed by atoms with Gasteiger partial charge in [-0.15, -0.1) is 0 Å². The molecule has 0 bridgehead atoms. The summed E-state index contributed by atoms with van der Waals surface area (Å²) in [6, 6.07) is 15.6. The average molecular weight is 336 g/mol. The summed E-state index contributed by atoms with van der Waals surface area (Å²) in [5.74, 6) is 0.576. The van der Waals surface area contributed by atoms with E-state index < -0.39 is 6.04 Å². The van der Waals surface area contributed by atoms with Crippen LogP contribution in [-0.4, -0.2) is 18.9 Å². The number of hydrogen-bond donors (Lipinski definition) is 2. The van der Waals surface area contributed by atoms with Crippen LogP contribution in [-0.2, 0) is 0 Å². The second-order valence-electron chi connectivity index (χ2n) is 5.75. The molecule has 1 atom stereocenters. The molecule has 2 aromatic carbocycles. The highest BCUT2D eigenvalue weighted by molar-refractivity contribution is 6.11. The Morgan fingerprint density at radius 2 is 1.88 bits per heavy atom. The van der Waals surface area contributed by atoms with Crippen molar-refractivity contribution in [1.29, 1.82) is 0 Å². The van der Waals surface area contributed by atoms with Crippen LogP contribution in [0, 0.1) is 0 Å². The number of Topliss-reactive ketones (excluding diaryl/α,β-unsaturated/α-hetero) is 1. The van der Waals surface area contributed by atoms with E-state index in [1.807, 2.05) is 49.4 Å². The average Bonchev–Trinajstić information content (AvgIpc) is 2.67. The van der Waals surface area contributed by atoms with Crippen molar-refractivity contribution >= 4 is 11.8 Å². The van der Waals surface area contributed by atoms with Gasteiger partial charge in [-0.25, -0.2) is 4.79 Å². The maximum atomic E-state index is 13.1. The number of nitrogens with one attached hydrogen (secondary N) is 2. The molecule has 0 aliphatic carbocycles. The minimum Gasteiger partial charge on any atom is -0.497 e. The number of allylic oxidation sites excluding steroid dienone is 1. The Kier molecular flexibility index (Phi) is 4.84. The van der Waals surface area contributed by atoms with E-state index in [9.17, 15) is 9.59 Å². The summed E-state index contributed by atoms with van der Waals surface area (Å²) >= 11 is 0. The standard InChI is InChI=1S/C20H20N2O3/c1-3-16-17(19(23)13-8-5-4-6-9-13)18(22-20(24)21-16)14-10-7-11-15(12-14)25-2/h4-12,18H,3H2,1-2H3,(H2,21,22,24). The molecule has 0 aromatic heterocycles. The van der Waals surface area contributed by atoms with Gasteiger partial charge in [-0.3, -0.25) is 4.79 Å². The molecule has 128 valence electrons. The first-order valence-electron chi connectivity index (χ1n) is 8.18. The molecule has 2 amide bonds. The maximum Gasteiger partial charge on any atom is 0.319 e. The molecule has 1 heterocycles. The highest BCUT2D eigenvalue weighted by atomic mass is 16.5. The Hall–Kier alpha value is -3.08. The second kappa shape index (κ2) is 7.21. The predicted octanol–water partition coefficient (Wildman–Crippen LogP) is 3.60. The summed E-state index contributed by atoms with van der Waals surface area (Å²) in [4.78, 5) is 25.2. The van der Waals surface area contributed by atoms with Crippen LogP contribution in [0.25, 0.3) is 0 Å². The highest BCUT2D eigenvalue weighted by Crippen LogP contribution is 2.32. The highest BCUT2D eigenvalue weighted by Gasteiger charge is 2.32. The third kappa shape index (κ3) is 3.40. The fourth-order valence-electron chi connectivity index (χ4n) is 2.98. The van der Waals surface area contributed by atoms with E-state index in [1.54, 1.807) is 19.2 Å². The Labute approximate surface area is 146 Å². The van der Waals surface area contributed by atoms with Crippen molar-refractivity contribution in [2.75, 3.05) is 7.11 Å². The summed E-state index contributed by atoms with van der Waals surface area (Å²) in [7, 11) is 1.59. The molecule has 1 aliphatic heterocycles. The molecule has 1 aliphatic rings. The van der Waals surface area contributed by atoms with Crippen LogP contribution in [0.1, 0.15) is 35.3 Å². The zero-order valence-corrected chi connectivity index (χ0v) is 14.2. The number of benzene rings is 2. The van der Waals surface area contributed by atoms with Crippen molar-refractivity contribution in [3.63, 3.8) is 0 Å². The van der Waals surface area contributed by atoms with Gasteiger partial charge in [0.1, 0.15) is 5.75 Å². The van der Waals surface area contributed by atoms with Crippen molar-refractivity contribution in [2.24, 2.45) is 0 Å². The molecule has 0 saturated heterocycles. The molecule has 3 rings (SSSR count). The predicted molar refractivity (Wildman–Crippen MR) is 95.5 cm³/mol. The molecule has 0 spiro atoms. The van der Waals surface area contributed by atoms with Gasteiger partial charge in [-0.05, 0) is 24.1 Å². The fraction of sp³-hybridized carbons (Fsp3) is 0.200. The largest absolute Gasteiger partial charge is 0.497 e. The number of rotatable bonds is 5. The molecular weight excluding hydrogens is 316 g/mol. The van der Waals surface area contributed by atoms with Crippen LogP contribution >= 0.6 is 0 Å². The SMILES string of the molecule is CCC1=C(C(=O)c2ccccc2)C(c2cccc(OC)c2)NC(=O)N1. The van der Waals surface area contributed by atoms with Gasteiger partial charge in [0.2, 0.25) is 0 Å². The Morgan fingerprint density at radius 1 is 1.12 bits per heavy atom. The van der Waals surface area contributed by atoms with E-state index in [-0.39, 0.29) is 11.8 Å².